The van der Waals surface area contributed by atoms with Crippen molar-refractivity contribution in [1.82, 2.24) is 5.32 Å². The minimum Gasteiger partial charge on any atom is -0.504 e. The average Bonchev–Trinajstić information content (AvgIpc) is 2.38. The maximum absolute atomic E-state index is 10.8. The van der Waals surface area contributed by atoms with Crippen LogP contribution in [0.3, 0.4) is 0 Å². The Morgan fingerprint density at radius 1 is 1.00 bits per heavy atom. The SMILES string of the molecule is CNC(c1c(O)c(O)c(O)c(O)c1O)C(N)C(=O)O. The number of carboxylic acids is 1. The summed E-state index contributed by atoms with van der Waals surface area (Å²) >= 11 is 0. The van der Waals surface area contributed by atoms with Gasteiger partial charge in [-0.05, 0) is 7.05 Å². The fraction of sp³-hybridized carbons (Fsp3) is 0.300. The largest absolute Gasteiger partial charge is 0.504 e. The van der Waals surface area contributed by atoms with Crippen molar-refractivity contribution in [2.24, 2.45) is 5.73 Å². The van der Waals surface area contributed by atoms with Gasteiger partial charge in [0.25, 0.3) is 0 Å². The molecule has 2 unspecified atom stereocenters. The Balaban J connectivity index is 3.53. The van der Waals surface area contributed by atoms with E-state index >= 15 is 0 Å². The zero-order chi connectivity index (χ0) is 14.9. The normalized spacial score (nSPS) is 14.0. The fourth-order valence-corrected chi connectivity index (χ4v) is 1.64. The van der Waals surface area contributed by atoms with Gasteiger partial charge in [0.15, 0.2) is 11.5 Å². The Labute approximate surface area is 107 Å². The van der Waals surface area contributed by atoms with Crippen molar-refractivity contribution in [3.63, 3.8) is 0 Å². The summed E-state index contributed by atoms with van der Waals surface area (Å²) in [6, 6.07) is -2.89. The standard InChI is InChI=1S/C10H14N2O7/c1-12-4(3(11)10(18)19)2-5(13)7(15)9(17)8(16)6(2)14/h3-4,12-17H,11H2,1H3,(H,18,19). The maximum Gasteiger partial charge on any atom is 0.322 e. The predicted octanol–water partition coefficient (Wildman–Crippen LogP) is -1.11. The van der Waals surface area contributed by atoms with E-state index in [9.17, 15) is 30.3 Å². The first-order chi connectivity index (χ1) is 8.73. The summed E-state index contributed by atoms with van der Waals surface area (Å²) in [5.74, 6) is -6.72. The van der Waals surface area contributed by atoms with Gasteiger partial charge in [0, 0.05) is 0 Å². The number of aliphatic carboxylic acids is 1. The molecule has 1 aromatic rings. The van der Waals surface area contributed by atoms with Crippen LogP contribution in [-0.4, -0.2) is 49.7 Å². The van der Waals surface area contributed by atoms with E-state index < -0.39 is 52.4 Å². The Morgan fingerprint density at radius 3 is 1.68 bits per heavy atom. The highest BCUT2D eigenvalue weighted by Crippen LogP contribution is 2.52. The van der Waals surface area contributed by atoms with Crippen LogP contribution < -0.4 is 11.1 Å². The highest BCUT2D eigenvalue weighted by atomic mass is 16.4. The molecule has 19 heavy (non-hydrogen) atoms. The van der Waals surface area contributed by atoms with E-state index in [4.69, 9.17) is 10.8 Å². The molecule has 9 N–H and O–H groups in total. The van der Waals surface area contributed by atoms with Gasteiger partial charge in [0.1, 0.15) is 6.04 Å². The smallest absolute Gasteiger partial charge is 0.322 e. The maximum atomic E-state index is 10.8. The Kier molecular flexibility index (Phi) is 3.92. The molecule has 0 bridgehead atoms. The summed E-state index contributed by atoms with van der Waals surface area (Å²) in [5.41, 5.74) is 4.83. The molecule has 0 fully saturated rings. The molecule has 9 nitrogen and oxygen atoms in total. The molecule has 0 aliphatic rings. The number of phenolic OH excluding ortho intramolecular Hbond substituents is 5. The lowest BCUT2D eigenvalue weighted by molar-refractivity contribution is -0.139. The molecule has 0 aliphatic carbocycles. The molecule has 0 aromatic heterocycles. The van der Waals surface area contributed by atoms with E-state index in [2.05, 4.69) is 5.32 Å². The van der Waals surface area contributed by atoms with Gasteiger partial charge >= 0.3 is 5.97 Å². The molecule has 0 amide bonds. The Hall–Kier alpha value is -2.39. The molecular formula is C10H14N2O7. The number of aromatic hydroxyl groups is 5. The van der Waals surface area contributed by atoms with Crippen LogP contribution in [0, 0.1) is 0 Å². The van der Waals surface area contributed by atoms with Crippen molar-refractivity contribution in [3.05, 3.63) is 5.56 Å². The number of benzene rings is 1. The van der Waals surface area contributed by atoms with Gasteiger partial charge in [0.2, 0.25) is 17.2 Å². The molecule has 1 aromatic carbocycles. The van der Waals surface area contributed by atoms with Crippen LogP contribution in [0.1, 0.15) is 11.6 Å². The van der Waals surface area contributed by atoms with Crippen molar-refractivity contribution in [2.45, 2.75) is 12.1 Å². The van der Waals surface area contributed by atoms with Crippen LogP contribution in [0.25, 0.3) is 0 Å². The van der Waals surface area contributed by atoms with Gasteiger partial charge in [-0.2, -0.15) is 0 Å². The van der Waals surface area contributed by atoms with Crippen molar-refractivity contribution in [2.75, 3.05) is 7.05 Å². The van der Waals surface area contributed by atoms with E-state index in [1.807, 2.05) is 0 Å². The van der Waals surface area contributed by atoms with Crippen molar-refractivity contribution in [3.8, 4) is 28.7 Å². The summed E-state index contributed by atoms with van der Waals surface area (Å²) in [5, 5.41) is 58.5. The molecule has 0 spiro atoms. The minimum absolute atomic E-state index is 0.537. The molecule has 0 radical (unpaired) electrons. The van der Waals surface area contributed by atoms with Gasteiger partial charge in [-0.25, -0.2) is 0 Å². The lowest BCUT2D eigenvalue weighted by atomic mass is 9.96. The summed E-state index contributed by atoms with van der Waals surface area (Å²) in [7, 11) is 1.30. The molecule has 9 heteroatoms. The third-order valence-corrected chi connectivity index (χ3v) is 2.67. The Bertz CT molecular complexity index is 488. The second-order valence-electron chi connectivity index (χ2n) is 3.79. The van der Waals surface area contributed by atoms with E-state index in [-0.39, 0.29) is 0 Å². The minimum atomic E-state index is -1.58. The average molecular weight is 274 g/mol. The summed E-state index contributed by atoms with van der Waals surface area (Å²) in [6.07, 6.45) is 0. The van der Waals surface area contributed by atoms with Gasteiger partial charge in [-0.15, -0.1) is 0 Å². The second-order valence-corrected chi connectivity index (χ2v) is 3.79. The van der Waals surface area contributed by atoms with Crippen molar-refractivity contribution < 1.29 is 35.4 Å². The van der Waals surface area contributed by atoms with Crippen molar-refractivity contribution >= 4 is 5.97 Å². The number of rotatable bonds is 4. The highest BCUT2D eigenvalue weighted by molar-refractivity contribution is 5.76. The lowest BCUT2D eigenvalue weighted by Crippen LogP contribution is -2.42. The van der Waals surface area contributed by atoms with Crippen LogP contribution >= 0.6 is 0 Å². The number of carbonyl (C=O) groups is 1. The quantitative estimate of drug-likeness (QED) is 0.249. The number of likely N-dealkylation sites (N-methyl/N-ethyl adjacent to an activating group) is 1. The van der Waals surface area contributed by atoms with E-state index in [1.165, 1.54) is 7.05 Å². The van der Waals surface area contributed by atoms with Crippen LogP contribution in [-0.2, 0) is 4.79 Å². The number of hydrogen-bond donors (Lipinski definition) is 8. The molecule has 0 saturated carbocycles. The molecule has 0 saturated heterocycles. The molecule has 106 valence electrons. The van der Waals surface area contributed by atoms with Gasteiger partial charge in [-0.3, -0.25) is 4.79 Å². The number of carboxylic acid groups (broad SMARTS) is 1. The predicted molar refractivity (Wildman–Crippen MR) is 62.2 cm³/mol. The van der Waals surface area contributed by atoms with E-state index in [1.54, 1.807) is 0 Å². The third kappa shape index (κ3) is 2.28. The monoisotopic (exact) mass is 274 g/mol. The first kappa shape index (κ1) is 14.7. The third-order valence-electron chi connectivity index (χ3n) is 2.67. The van der Waals surface area contributed by atoms with Crippen molar-refractivity contribution in [1.29, 1.82) is 0 Å². The molecular weight excluding hydrogens is 260 g/mol. The second kappa shape index (κ2) is 5.08. The summed E-state index contributed by atoms with van der Waals surface area (Å²) < 4.78 is 0. The van der Waals surface area contributed by atoms with Crippen LogP contribution in [0.15, 0.2) is 0 Å². The zero-order valence-corrected chi connectivity index (χ0v) is 9.82. The number of nitrogens with one attached hydrogen (secondary N) is 1. The highest BCUT2D eigenvalue weighted by Gasteiger charge is 2.33. The summed E-state index contributed by atoms with van der Waals surface area (Å²) in [6.45, 7) is 0. The van der Waals surface area contributed by atoms with Crippen LogP contribution in [0.2, 0.25) is 0 Å². The van der Waals surface area contributed by atoms with Gasteiger partial charge < -0.3 is 41.7 Å². The van der Waals surface area contributed by atoms with Gasteiger partial charge in [0.05, 0.1) is 11.6 Å². The number of nitrogens with two attached hydrogens (primary N) is 1. The lowest BCUT2D eigenvalue weighted by Gasteiger charge is -2.23. The number of hydrogen-bond acceptors (Lipinski definition) is 8. The Morgan fingerprint density at radius 2 is 1.37 bits per heavy atom. The van der Waals surface area contributed by atoms with E-state index in [0.29, 0.717) is 0 Å². The topological polar surface area (TPSA) is 176 Å². The first-order valence-electron chi connectivity index (χ1n) is 5.08. The number of phenols is 5. The molecule has 0 aliphatic heterocycles. The van der Waals surface area contributed by atoms with Crippen LogP contribution in [0.5, 0.6) is 28.7 Å². The summed E-state index contributed by atoms with van der Waals surface area (Å²) in [4.78, 5) is 10.8. The zero-order valence-electron chi connectivity index (χ0n) is 9.82. The molecule has 2 atom stereocenters. The van der Waals surface area contributed by atoms with Gasteiger partial charge in [-0.1, -0.05) is 0 Å². The first-order valence-corrected chi connectivity index (χ1v) is 5.08. The molecule has 1 rings (SSSR count). The van der Waals surface area contributed by atoms with Crippen LogP contribution in [0.4, 0.5) is 0 Å². The van der Waals surface area contributed by atoms with E-state index in [0.717, 1.165) is 0 Å². The fourth-order valence-electron chi connectivity index (χ4n) is 1.64. The molecule has 0 heterocycles.